The summed E-state index contributed by atoms with van der Waals surface area (Å²) >= 11 is 0. The molecular formula is C12H15NO5. The highest BCUT2D eigenvalue weighted by molar-refractivity contribution is 5.84. The van der Waals surface area contributed by atoms with Crippen LogP contribution in [0.5, 0.6) is 5.75 Å². The molecule has 1 aromatic carbocycles. The molecule has 0 spiro atoms. The van der Waals surface area contributed by atoms with E-state index in [2.05, 4.69) is 5.32 Å². The van der Waals surface area contributed by atoms with Crippen molar-refractivity contribution in [3.63, 3.8) is 0 Å². The maximum absolute atomic E-state index is 11.4. The minimum Gasteiger partial charge on any atom is -0.484 e. The minimum absolute atomic E-state index is 0.298. The zero-order valence-corrected chi connectivity index (χ0v) is 9.92. The number of carboxylic acid groups (broad SMARTS) is 1. The molecule has 6 heteroatoms. The van der Waals surface area contributed by atoms with Gasteiger partial charge in [-0.25, -0.2) is 4.79 Å². The quantitative estimate of drug-likeness (QED) is 0.660. The number of hydrogen-bond acceptors (Lipinski definition) is 4. The summed E-state index contributed by atoms with van der Waals surface area (Å²) in [5, 5.41) is 19.5. The normalized spacial score (nSPS) is 11.7. The SMILES string of the molecule is Cc1cccc(OCC(=O)NC(CO)C(=O)O)c1. The van der Waals surface area contributed by atoms with Gasteiger partial charge in [0.05, 0.1) is 6.61 Å². The van der Waals surface area contributed by atoms with E-state index >= 15 is 0 Å². The molecule has 0 aromatic heterocycles. The molecule has 0 fully saturated rings. The lowest BCUT2D eigenvalue weighted by atomic mass is 10.2. The second-order valence-electron chi connectivity index (χ2n) is 3.75. The smallest absolute Gasteiger partial charge is 0.328 e. The second kappa shape index (κ2) is 6.61. The van der Waals surface area contributed by atoms with Crippen molar-refractivity contribution in [1.82, 2.24) is 5.32 Å². The number of nitrogens with one attached hydrogen (secondary N) is 1. The van der Waals surface area contributed by atoms with Crippen LogP contribution in [0.3, 0.4) is 0 Å². The van der Waals surface area contributed by atoms with E-state index in [0.717, 1.165) is 5.56 Å². The van der Waals surface area contributed by atoms with Crippen molar-refractivity contribution in [1.29, 1.82) is 0 Å². The molecule has 1 rings (SSSR count). The predicted molar refractivity (Wildman–Crippen MR) is 63.3 cm³/mol. The Morgan fingerprint density at radius 1 is 1.44 bits per heavy atom. The number of aliphatic hydroxyl groups is 1. The summed E-state index contributed by atoms with van der Waals surface area (Å²) in [6.07, 6.45) is 0. The first-order valence-corrected chi connectivity index (χ1v) is 5.35. The highest BCUT2D eigenvalue weighted by Gasteiger charge is 2.18. The number of rotatable bonds is 6. The molecule has 0 heterocycles. The number of aliphatic carboxylic acids is 1. The summed E-state index contributed by atoms with van der Waals surface area (Å²) in [4.78, 5) is 21.9. The Morgan fingerprint density at radius 3 is 2.72 bits per heavy atom. The van der Waals surface area contributed by atoms with Crippen LogP contribution in [0.15, 0.2) is 24.3 Å². The summed E-state index contributed by atoms with van der Waals surface area (Å²) in [5.41, 5.74) is 0.992. The van der Waals surface area contributed by atoms with Gasteiger partial charge in [-0.05, 0) is 24.6 Å². The fourth-order valence-corrected chi connectivity index (χ4v) is 1.28. The molecule has 0 aliphatic heterocycles. The summed E-state index contributed by atoms with van der Waals surface area (Å²) in [5.74, 6) is -1.36. The van der Waals surface area contributed by atoms with Crippen LogP contribution in [0.2, 0.25) is 0 Å². The lowest BCUT2D eigenvalue weighted by Gasteiger charge is -2.12. The van der Waals surface area contributed by atoms with Crippen molar-refractivity contribution >= 4 is 11.9 Å². The summed E-state index contributed by atoms with van der Waals surface area (Å²) in [7, 11) is 0. The van der Waals surface area contributed by atoms with E-state index in [1.54, 1.807) is 18.2 Å². The van der Waals surface area contributed by atoms with Crippen molar-refractivity contribution in [3.8, 4) is 5.75 Å². The van der Waals surface area contributed by atoms with Gasteiger partial charge in [0.1, 0.15) is 11.8 Å². The first kappa shape index (κ1) is 14.0. The van der Waals surface area contributed by atoms with E-state index in [4.69, 9.17) is 14.9 Å². The Labute approximate surface area is 104 Å². The van der Waals surface area contributed by atoms with Gasteiger partial charge in [0, 0.05) is 0 Å². The lowest BCUT2D eigenvalue weighted by Crippen LogP contribution is -2.45. The standard InChI is InChI=1S/C12H15NO5/c1-8-3-2-4-9(5-8)18-7-11(15)13-10(6-14)12(16)17/h2-5,10,14H,6-7H2,1H3,(H,13,15)(H,16,17). The summed E-state index contributed by atoms with van der Waals surface area (Å²) < 4.78 is 5.19. The maximum atomic E-state index is 11.4. The first-order chi connectivity index (χ1) is 8.52. The van der Waals surface area contributed by atoms with Gasteiger partial charge in [-0.15, -0.1) is 0 Å². The summed E-state index contributed by atoms with van der Waals surface area (Å²) in [6.45, 7) is 0.928. The number of carbonyl (C=O) groups excluding carboxylic acids is 1. The molecule has 98 valence electrons. The third-order valence-corrected chi connectivity index (χ3v) is 2.18. The van der Waals surface area contributed by atoms with Gasteiger partial charge < -0.3 is 20.3 Å². The molecule has 0 radical (unpaired) electrons. The Morgan fingerprint density at radius 2 is 2.17 bits per heavy atom. The Kier molecular flexibility index (Phi) is 5.13. The third kappa shape index (κ3) is 4.42. The Hall–Kier alpha value is -2.08. The predicted octanol–water partition coefficient (Wildman–Crippen LogP) is -0.0645. The number of amides is 1. The highest BCUT2D eigenvalue weighted by atomic mass is 16.5. The average molecular weight is 253 g/mol. The molecular weight excluding hydrogens is 238 g/mol. The van der Waals surface area contributed by atoms with E-state index in [9.17, 15) is 9.59 Å². The number of aryl methyl sites for hydroxylation is 1. The number of carboxylic acids is 1. The van der Waals surface area contributed by atoms with Crippen molar-refractivity contribution in [2.24, 2.45) is 0 Å². The first-order valence-electron chi connectivity index (χ1n) is 5.35. The van der Waals surface area contributed by atoms with Crippen LogP contribution in [-0.4, -0.2) is 41.3 Å². The van der Waals surface area contributed by atoms with E-state index in [1.165, 1.54) is 0 Å². The number of aliphatic hydroxyl groups excluding tert-OH is 1. The molecule has 6 nitrogen and oxygen atoms in total. The average Bonchev–Trinajstić information content (AvgIpc) is 2.33. The molecule has 0 aliphatic rings. The van der Waals surface area contributed by atoms with Gasteiger partial charge in [0.15, 0.2) is 6.61 Å². The van der Waals surface area contributed by atoms with E-state index in [0.29, 0.717) is 5.75 Å². The fraction of sp³-hybridized carbons (Fsp3) is 0.333. The van der Waals surface area contributed by atoms with Crippen molar-refractivity contribution in [2.75, 3.05) is 13.2 Å². The number of ether oxygens (including phenoxy) is 1. The molecule has 0 saturated heterocycles. The van der Waals surface area contributed by atoms with Crippen molar-refractivity contribution in [3.05, 3.63) is 29.8 Å². The van der Waals surface area contributed by atoms with Crippen LogP contribution in [0.1, 0.15) is 5.56 Å². The largest absolute Gasteiger partial charge is 0.484 e. The number of benzene rings is 1. The third-order valence-electron chi connectivity index (χ3n) is 2.18. The van der Waals surface area contributed by atoms with Crippen LogP contribution < -0.4 is 10.1 Å². The van der Waals surface area contributed by atoms with Crippen LogP contribution >= 0.6 is 0 Å². The van der Waals surface area contributed by atoms with Gasteiger partial charge in [-0.2, -0.15) is 0 Å². The van der Waals surface area contributed by atoms with Gasteiger partial charge >= 0.3 is 5.97 Å². The molecule has 1 unspecified atom stereocenters. The van der Waals surface area contributed by atoms with Crippen molar-refractivity contribution in [2.45, 2.75) is 13.0 Å². The van der Waals surface area contributed by atoms with Gasteiger partial charge in [0.25, 0.3) is 5.91 Å². The molecule has 1 atom stereocenters. The second-order valence-corrected chi connectivity index (χ2v) is 3.75. The van der Waals surface area contributed by atoms with E-state index in [-0.39, 0.29) is 6.61 Å². The molecule has 0 aliphatic carbocycles. The zero-order valence-electron chi connectivity index (χ0n) is 9.92. The molecule has 0 bridgehead atoms. The maximum Gasteiger partial charge on any atom is 0.328 e. The molecule has 18 heavy (non-hydrogen) atoms. The Balaban J connectivity index is 2.44. The zero-order chi connectivity index (χ0) is 13.5. The summed E-state index contributed by atoms with van der Waals surface area (Å²) in [6, 6.07) is 5.82. The Bertz CT molecular complexity index is 432. The van der Waals surface area contributed by atoms with Crippen LogP contribution in [0, 0.1) is 6.92 Å². The highest BCUT2D eigenvalue weighted by Crippen LogP contribution is 2.11. The molecule has 3 N–H and O–H groups in total. The molecule has 1 aromatic rings. The van der Waals surface area contributed by atoms with Gasteiger partial charge in [-0.1, -0.05) is 12.1 Å². The monoisotopic (exact) mass is 253 g/mol. The number of carbonyl (C=O) groups is 2. The number of hydrogen-bond donors (Lipinski definition) is 3. The lowest BCUT2D eigenvalue weighted by molar-refractivity contribution is -0.143. The van der Waals surface area contributed by atoms with Crippen LogP contribution in [0.4, 0.5) is 0 Å². The van der Waals surface area contributed by atoms with E-state index in [1.807, 2.05) is 13.0 Å². The van der Waals surface area contributed by atoms with E-state index < -0.39 is 24.5 Å². The van der Waals surface area contributed by atoms with Gasteiger partial charge in [-0.3, -0.25) is 4.79 Å². The fourth-order valence-electron chi connectivity index (χ4n) is 1.28. The molecule has 1 amide bonds. The van der Waals surface area contributed by atoms with Crippen molar-refractivity contribution < 1.29 is 24.5 Å². The topological polar surface area (TPSA) is 95.9 Å². The van der Waals surface area contributed by atoms with Gasteiger partial charge in [0.2, 0.25) is 0 Å². The minimum atomic E-state index is -1.31. The van der Waals surface area contributed by atoms with Crippen LogP contribution in [0.25, 0.3) is 0 Å². The van der Waals surface area contributed by atoms with Crippen LogP contribution in [-0.2, 0) is 9.59 Å². The molecule has 0 saturated carbocycles.